The molecule has 2 aromatic rings. The molecule has 3 rings (SSSR count). The van der Waals surface area contributed by atoms with Gasteiger partial charge in [0.1, 0.15) is 0 Å². The second-order valence-electron chi connectivity index (χ2n) is 5.84. The number of nitrogens with zero attached hydrogens (tertiary/aromatic N) is 3. The molecule has 0 radical (unpaired) electrons. The van der Waals surface area contributed by atoms with E-state index in [9.17, 15) is 8.42 Å². The van der Waals surface area contributed by atoms with Crippen LogP contribution in [-0.2, 0) is 10.0 Å². The van der Waals surface area contributed by atoms with E-state index in [4.69, 9.17) is 0 Å². The van der Waals surface area contributed by atoms with Crippen LogP contribution in [0, 0.1) is 5.92 Å². The van der Waals surface area contributed by atoms with Crippen molar-refractivity contribution in [2.45, 2.75) is 18.2 Å². The smallest absolute Gasteiger partial charge is 0.240 e. The summed E-state index contributed by atoms with van der Waals surface area (Å²) in [6.07, 6.45) is 4.56. The molecule has 23 heavy (non-hydrogen) atoms. The predicted molar refractivity (Wildman–Crippen MR) is 89.0 cm³/mol. The number of hydrogen-bond acceptors (Lipinski definition) is 4. The number of sulfonamides is 1. The van der Waals surface area contributed by atoms with Gasteiger partial charge >= 0.3 is 0 Å². The third-order valence-electron chi connectivity index (χ3n) is 4.30. The molecule has 1 aliphatic rings. The monoisotopic (exact) mass is 334 g/mol. The number of aromatic nitrogens is 2. The Morgan fingerprint density at radius 3 is 2.70 bits per heavy atom. The van der Waals surface area contributed by atoms with E-state index < -0.39 is 10.0 Å². The standard InChI is InChI=1S/C16H22N4O2S/c1-2-19-11-8-14(13-19)12-18-23(21,22)16-6-4-15(5-7-16)20-10-3-9-17-20/h3-7,9-10,14,18H,2,8,11-13H2,1H3/t14-/m1/s1. The second kappa shape index (κ2) is 6.82. The number of likely N-dealkylation sites (tertiary alicyclic amines) is 1. The molecule has 0 amide bonds. The summed E-state index contributed by atoms with van der Waals surface area (Å²) < 4.78 is 29.2. The fraction of sp³-hybridized carbons (Fsp3) is 0.438. The summed E-state index contributed by atoms with van der Waals surface area (Å²) in [6.45, 7) is 5.68. The van der Waals surface area contributed by atoms with Crippen LogP contribution in [0.2, 0.25) is 0 Å². The van der Waals surface area contributed by atoms with E-state index in [-0.39, 0.29) is 0 Å². The first-order valence-electron chi connectivity index (χ1n) is 7.90. The molecule has 1 aromatic carbocycles. The number of hydrogen-bond donors (Lipinski definition) is 1. The van der Waals surface area contributed by atoms with Crippen LogP contribution in [0.1, 0.15) is 13.3 Å². The van der Waals surface area contributed by atoms with E-state index >= 15 is 0 Å². The van der Waals surface area contributed by atoms with Crippen molar-refractivity contribution in [1.29, 1.82) is 0 Å². The molecule has 0 bridgehead atoms. The lowest BCUT2D eigenvalue weighted by Crippen LogP contribution is -2.31. The zero-order valence-corrected chi connectivity index (χ0v) is 14.0. The summed E-state index contributed by atoms with van der Waals surface area (Å²) in [7, 11) is -3.46. The molecular formula is C16H22N4O2S. The molecule has 0 spiro atoms. The van der Waals surface area contributed by atoms with Crippen LogP contribution in [0.15, 0.2) is 47.6 Å². The molecule has 1 N–H and O–H groups in total. The summed E-state index contributed by atoms with van der Waals surface area (Å²) in [5.41, 5.74) is 0.836. The van der Waals surface area contributed by atoms with Gasteiger partial charge in [0, 0.05) is 25.5 Å². The molecule has 124 valence electrons. The largest absolute Gasteiger partial charge is 0.303 e. The fourth-order valence-corrected chi connectivity index (χ4v) is 3.99. The molecule has 7 heteroatoms. The molecular weight excluding hydrogens is 312 g/mol. The van der Waals surface area contributed by atoms with Crippen molar-refractivity contribution in [2.75, 3.05) is 26.2 Å². The zero-order chi connectivity index (χ0) is 16.3. The summed E-state index contributed by atoms with van der Waals surface area (Å²) in [6, 6.07) is 8.58. The van der Waals surface area contributed by atoms with E-state index in [1.165, 1.54) is 0 Å². The van der Waals surface area contributed by atoms with Crippen molar-refractivity contribution in [2.24, 2.45) is 5.92 Å². The van der Waals surface area contributed by atoms with Crippen LogP contribution in [0.25, 0.3) is 5.69 Å². The van der Waals surface area contributed by atoms with Crippen LogP contribution in [-0.4, -0.2) is 49.3 Å². The Hall–Kier alpha value is -1.70. The van der Waals surface area contributed by atoms with Crippen molar-refractivity contribution < 1.29 is 8.42 Å². The van der Waals surface area contributed by atoms with Gasteiger partial charge in [-0.2, -0.15) is 5.10 Å². The van der Waals surface area contributed by atoms with Crippen LogP contribution in [0.3, 0.4) is 0 Å². The van der Waals surface area contributed by atoms with Crippen molar-refractivity contribution in [1.82, 2.24) is 19.4 Å². The van der Waals surface area contributed by atoms with Gasteiger partial charge in [0.15, 0.2) is 0 Å². The highest BCUT2D eigenvalue weighted by atomic mass is 32.2. The van der Waals surface area contributed by atoms with Gasteiger partial charge in [-0.05, 0) is 55.8 Å². The Morgan fingerprint density at radius 2 is 2.09 bits per heavy atom. The van der Waals surface area contributed by atoms with Gasteiger partial charge in [0.05, 0.1) is 10.6 Å². The maximum atomic E-state index is 12.4. The van der Waals surface area contributed by atoms with Gasteiger partial charge in [-0.3, -0.25) is 0 Å². The molecule has 0 unspecified atom stereocenters. The fourth-order valence-electron chi connectivity index (χ4n) is 2.88. The minimum Gasteiger partial charge on any atom is -0.303 e. The minimum absolute atomic E-state index is 0.291. The van der Waals surface area contributed by atoms with Crippen LogP contribution >= 0.6 is 0 Å². The van der Waals surface area contributed by atoms with Crippen LogP contribution in [0.4, 0.5) is 0 Å². The highest BCUT2D eigenvalue weighted by Crippen LogP contribution is 2.17. The molecule has 1 fully saturated rings. The average Bonchev–Trinajstić information content (AvgIpc) is 3.25. The maximum Gasteiger partial charge on any atom is 0.240 e. The van der Waals surface area contributed by atoms with Crippen LogP contribution in [0.5, 0.6) is 0 Å². The van der Waals surface area contributed by atoms with Gasteiger partial charge in [-0.1, -0.05) is 6.92 Å². The van der Waals surface area contributed by atoms with E-state index in [1.807, 2.05) is 12.3 Å². The molecule has 0 saturated carbocycles. The summed E-state index contributed by atoms with van der Waals surface area (Å²) >= 11 is 0. The Kier molecular flexibility index (Phi) is 4.79. The molecule has 2 heterocycles. The van der Waals surface area contributed by atoms with Crippen molar-refractivity contribution in [3.05, 3.63) is 42.7 Å². The minimum atomic E-state index is -3.46. The maximum absolute atomic E-state index is 12.4. The first-order chi connectivity index (χ1) is 11.1. The summed E-state index contributed by atoms with van der Waals surface area (Å²) in [4.78, 5) is 2.64. The Morgan fingerprint density at radius 1 is 1.30 bits per heavy atom. The van der Waals surface area contributed by atoms with Gasteiger partial charge < -0.3 is 4.90 Å². The SMILES string of the molecule is CCN1CC[C@H](CNS(=O)(=O)c2ccc(-n3cccn3)cc2)C1. The topological polar surface area (TPSA) is 67.2 Å². The van der Waals surface area contributed by atoms with E-state index in [0.717, 1.165) is 31.7 Å². The lowest BCUT2D eigenvalue weighted by Gasteiger charge is -2.14. The molecule has 1 aromatic heterocycles. The number of nitrogens with one attached hydrogen (secondary N) is 1. The third kappa shape index (κ3) is 3.80. The van der Waals surface area contributed by atoms with E-state index in [1.54, 1.807) is 35.1 Å². The third-order valence-corrected chi connectivity index (χ3v) is 5.73. The first-order valence-corrected chi connectivity index (χ1v) is 9.39. The summed E-state index contributed by atoms with van der Waals surface area (Å²) in [5.74, 6) is 0.396. The van der Waals surface area contributed by atoms with Crippen molar-refractivity contribution in [3.8, 4) is 5.69 Å². The van der Waals surface area contributed by atoms with Crippen LogP contribution < -0.4 is 4.72 Å². The van der Waals surface area contributed by atoms with E-state index in [0.29, 0.717) is 17.4 Å². The average molecular weight is 334 g/mol. The van der Waals surface area contributed by atoms with Crippen molar-refractivity contribution in [3.63, 3.8) is 0 Å². The quantitative estimate of drug-likeness (QED) is 0.869. The second-order valence-corrected chi connectivity index (χ2v) is 7.61. The normalized spacial score (nSPS) is 19.3. The molecule has 6 nitrogen and oxygen atoms in total. The highest BCUT2D eigenvalue weighted by Gasteiger charge is 2.23. The van der Waals surface area contributed by atoms with Crippen molar-refractivity contribution >= 4 is 10.0 Å². The highest BCUT2D eigenvalue weighted by molar-refractivity contribution is 7.89. The van der Waals surface area contributed by atoms with E-state index in [2.05, 4.69) is 21.6 Å². The Balaban J connectivity index is 1.63. The molecule has 1 atom stereocenters. The number of benzene rings is 1. The molecule has 1 aliphatic heterocycles. The summed E-state index contributed by atoms with van der Waals surface area (Å²) in [5, 5.41) is 4.13. The van der Waals surface area contributed by atoms with Gasteiger partial charge in [0.25, 0.3) is 0 Å². The Bertz CT molecular complexity index is 726. The zero-order valence-electron chi connectivity index (χ0n) is 13.2. The Labute approximate surface area is 137 Å². The van der Waals surface area contributed by atoms with Gasteiger partial charge in [-0.15, -0.1) is 0 Å². The predicted octanol–water partition coefficient (Wildman–Crippen LogP) is 1.49. The lowest BCUT2D eigenvalue weighted by molar-refractivity contribution is 0.342. The molecule has 0 aliphatic carbocycles. The molecule has 1 saturated heterocycles. The van der Waals surface area contributed by atoms with Gasteiger partial charge in [0.2, 0.25) is 10.0 Å². The first kappa shape index (κ1) is 16.2. The number of rotatable bonds is 6. The lowest BCUT2D eigenvalue weighted by atomic mass is 10.1. The van der Waals surface area contributed by atoms with Gasteiger partial charge in [-0.25, -0.2) is 17.8 Å².